The summed E-state index contributed by atoms with van der Waals surface area (Å²) >= 11 is 0. The number of esters is 1. The van der Waals surface area contributed by atoms with Gasteiger partial charge in [0.05, 0.1) is 25.9 Å². The largest absolute Gasteiger partial charge is 0.459 e. The summed E-state index contributed by atoms with van der Waals surface area (Å²) in [5.74, 6) is 2.87. The number of fused-ring (bicyclic) bond motifs is 7. The van der Waals surface area contributed by atoms with Crippen molar-refractivity contribution in [3.05, 3.63) is 23.8 Å². The number of carbonyl (C=O) groups excluding carboxylic acids is 2. The lowest BCUT2D eigenvalue weighted by Gasteiger charge is -2.58. The topological polar surface area (TPSA) is 74.3 Å². The maximum atomic E-state index is 12.6. The summed E-state index contributed by atoms with van der Waals surface area (Å²) < 4.78 is 24.6. The zero-order valence-electron chi connectivity index (χ0n) is 26.1. The van der Waals surface area contributed by atoms with Crippen molar-refractivity contribution in [2.75, 3.05) is 32.9 Å². The predicted octanol–water partition coefficient (Wildman–Crippen LogP) is 5.68. The fraction of sp³-hybridized carbons (Fsp3) is 0.829. The fourth-order valence-corrected chi connectivity index (χ4v) is 11.0. The van der Waals surface area contributed by atoms with Crippen LogP contribution in [0, 0.1) is 46.3 Å². The van der Waals surface area contributed by atoms with Crippen LogP contribution in [0.5, 0.6) is 0 Å². The van der Waals surface area contributed by atoms with Crippen molar-refractivity contribution in [3.63, 3.8) is 0 Å². The number of rotatable bonds is 3. The van der Waals surface area contributed by atoms with Crippen LogP contribution < -0.4 is 0 Å². The number of hydrogen-bond acceptors (Lipinski definition) is 6. The standard InChI is InChI=1S/C35H51NO6/c1-22-9-14-35(40-21-22)23(2)32-29(42-35)20-28-26-6-5-24-19-25(10-12-33(24,3)27(26)11-13-34(28,32)4)41-31(38)8-7-30(37)36-15-17-39-18-16-36/h5,7-8,22-23,25-29,32H,6,9-21H2,1-4H3/b8-7-/t22-,23+,25+,26-,27+,28+,29+,32+,33+,34+,35-/m1/s1. The number of carbonyl (C=O) groups is 2. The van der Waals surface area contributed by atoms with E-state index in [0.29, 0.717) is 73.3 Å². The molecule has 11 atom stereocenters. The second kappa shape index (κ2) is 10.7. The number of amides is 1. The van der Waals surface area contributed by atoms with Crippen LogP contribution in [0.25, 0.3) is 0 Å². The van der Waals surface area contributed by atoms with Gasteiger partial charge in [0.15, 0.2) is 5.79 Å². The smallest absolute Gasteiger partial charge is 0.331 e. The molecule has 7 heteroatoms. The van der Waals surface area contributed by atoms with E-state index >= 15 is 0 Å². The van der Waals surface area contributed by atoms with Gasteiger partial charge in [0.25, 0.3) is 0 Å². The van der Waals surface area contributed by atoms with Crippen molar-refractivity contribution in [2.24, 2.45) is 46.3 Å². The van der Waals surface area contributed by atoms with Gasteiger partial charge >= 0.3 is 5.97 Å². The van der Waals surface area contributed by atoms with Crippen molar-refractivity contribution in [2.45, 2.75) is 103 Å². The molecule has 0 radical (unpaired) electrons. The van der Waals surface area contributed by atoms with Crippen molar-refractivity contribution >= 4 is 11.9 Å². The molecule has 0 aromatic carbocycles. The molecular formula is C35H51NO6. The summed E-state index contributed by atoms with van der Waals surface area (Å²) in [7, 11) is 0. The van der Waals surface area contributed by atoms with E-state index in [0.717, 1.165) is 38.7 Å². The average Bonchev–Trinajstić information content (AvgIpc) is 3.43. The average molecular weight is 582 g/mol. The monoisotopic (exact) mass is 581 g/mol. The molecule has 7 aliphatic rings. The van der Waals surface area contributed by atoms with Gasteiger partial charge in [0, 0.05) is 44.0 Å². The first-order valence-electron chi connectivity index (χ1n) is 16.9. The predicted molar refractivity (Wildman–Crippen MR) is 158 cm³/mol. The molecule has 0 aromatic rings. The van der Waals surface area contributed by atoms with Crippen LogP contribution in [-0.2, 0) is 28.5 Å². The normalized spacial score (nSPS) is 48.3. The maximum absolute atomic E-state index is 12.6. The third-order valence-electron chi connectivity index (χ3n) is 13.3. The lowest BCUT2D eigenvalue weighted by Crippen LogP contribution is -2.52. The quantitative estimate of drug-likeness (QED) is 0.243. The van der Waals surface area contributed by atoms with Gasteiger partial charge in [-0.15, -0.1) is 0 Å². The van der Waals surface area contributed by atoms with E-state index in [2.05, 4.69) is 33.8 Å². The van der Waals surface area contributed by atoms with Gasteiger partial charge < -0.3 is 23.8 Å². The van der Waals surface area contributed by atoms with E-state index in [-0.39, 0.29) is 23.2 Å². The molecule has 7 nitrogen and oxygen atoms in total. The molecule has 1 amide bonds. The zero-order chi connectivity index (χ0) is 29.3. The van der Waals surface area contributed by atoms with Gasteiger partial charge in [-0.25, -0.2) is 4.79 Å². The highest BCUT2D eigenvalue weighted by Crippen LogP contribution is 2.70. The molecule has 1 spiro atoms. The number of hydrogen-bond donors (Lipinski definition) is 0. The van der Waals surface area contributed by atoms with Gasteiger partial charge in [-0.1, -0.05) is 39.3 Å². The third kappa shape index (κ3) is 4.63. The van der Waals surface area contributed by atoms with Crippen LogP contribution in [0.3, 0.4) is 0 Å². The zero-order valence-corrected chi connectivity index (χ0v) is 26.1. The van der Waals surface area contributed by atoms with Crippen LogP contribution in [0.4, 0.5) is 0 Å². The highest BCUT2D eigenvalue weighted by atomic mass is 16.7. The molecule has 3 saturated carbocycles. The molecule has 0 unspecified atom stereocenters. The van der Waals surface area contributed by atoms with Crippen LogP contribution in [0.1, 0.15) is 85.5 Å². The maximum Gasteiger partial charge on any atom is 0.331 e. The molecule has 0 bridgehead atoms. The molecule has 7 rings (SSSR count). The van der Waals surface area contributed by atoms with Gasteiger partial charge in [-0.2, -0.15) is 0 Å². The van der Waals surface area contributed by atoms with Crippen molar-refractivity contribution < 1.29 is 28.5 Å². The highest BCUT2D eigenvalue weighted by Gasteiger charge is 2.68. The Morgan fingerprint density at radius 1 is 1.02 bits per heavy atom. The Morgan fingerprint density at radius 3 is 2.60 bits per heavy atom. The minimum atomic E-state index is -0.409. The Bertz CT molecular complexity index is 1130. The number of nitrogens with zero attached hydrogens (tertiary/aromatic N) is 1. The Hall–Kier alpha value is -1.70. The van der Waals surface area contributed by atoms with Crippen LogP contribution in [0.2, 0.25) is 0 Å². The summed E-state index contributed by atoms with van der Waals surface area (Å²) in [5.41, 5.74) is 2.00. The summed E-state index contributed by atoms with van der Waals surface area (Å²) in [6.07, 6.45) is 15.3. The molecule has 4 aliphatic carbocycles. The lowest BCUT2D eigenvalue weighted by atomic mass is 9.47. The first-order chi connectivity index (χ1) is 20.1. The molecule has 3 heterocycles. The SMILES string of the molecule is C[C@@H]1CC[C@@]2(OC1)O[C@H]1C[C@H]3[C@@H]4CC=C5C[C@@H](OC(=O)/C=C\C(=O)N6CCOCC6)CC[C@]5(C)[C@H]4CC[C@]3(C)[C@H]1[C@@H]2C. The summed E-state index contributed by atoms with van der Waals surface area (Å²) in [4.78, 5) is 26.7. The molecule has 232 valence electrons. The summed E-state index contributed by atoms with van der Waals surface area (Å²) in [6, 6.07) is 0. The molecule has 6 fully saturated rings. The first kappa shape index (κ1) is 29.0. The molecule has 0 aromatic heterocycles. The fourth-order valence-electron chi connectivity index (χ4n) is 11.0. The van der Waals surface area contributed by atoms with E-state index in [1.165, 1.54) is 43.4 Å². The van der Waals surface area contributed by atoms with E-state index in [4.69, 9.17) is 18.9 Å². The second-order valence-electron chi connectivity index (χ2n) is 15.3. The van der Waals surface area contributed by atoms with Crippen LogP contribution in [0.15, 0.2) is 23.8 Å². The number of ether oxygens (including phenoxy) is 4. The summed E-state index contributed by atoms with van der Waals surface area (Å²) in [6.45, 7) is 12.9. The van der Waals surface area contributed by atoms with E-state index < -0.39 is 5.97 Å². The van der Waals surface area contributed by atoms with E-state index in [9.17, 15) is 9.59 Å². The van der Waals surface area contributed by atoms with E-state index in [1.54, 1.807) is 4.90 Å². The molecule has 0 N–H and O–H groups in total. The van der Waals surface area contributed by atoms with Crippen molar-refractivity contribution in [1.29, 1.82) is 0 Å². The van der Waals surface area contributed by atoms with Gasteiger partial charge in [-0.3, -0.25) is 4.79 Å². The molecule has 3 aliphatic heterocycles. The Labute approximate surface area is 251 Å². The van der Waals surface area contributed by atoms with Crippen molar-refractivity contribution in [1.82, 2.24) is 4.90 Å². The Morgan fingerprint density at radius 2 is 1.83 bits per heavy atom. The van der Waals surface area contributed by atoms with Crippen molar-refractivity contribution in [3.8, 4) is 0 Å². The van der Waals surface area contributed by atoms with Crippen LogP contribution >= 0.6 is 0 Å². The Kier molecular flexibility index (Phi) is 7.42. The number of morpholine rings is 1. The van der Waals surface area contributed by atoms with Gasteiger partial charge in [-0.05, 0) is 85.4 Å². The Balaban J connectivity index is 1.00. The second-order valence-corrected chi connectivity index (χ2v) is 15.3. The first-order valence-corrected chi connectivity index (χ1v) is 16.9. The van der Waals surface area contributed by atoms with Gasteiger partial charge in [0.1, 0.15) is 6.10 Å². The third-order valence-corrected chi connectivity index (χ3v) is 13.3. The summed E-state index contributed by atoms with van der Waals surface area (Å²) in [5, 5.41) is 0. The highest BCUT2D eigenvalue weighted by molar-refractivity contribution is 5.94. The van der Waals surface area contributed by atoms with Gasteiger partial charge in [0.2, 0.25) is 5.91 Å². The molecular weight excluding hydrogens is 530 g/mol. The minimum absolute atomic E-state index is 0.111. The lowest BCUT2D eigenvalue weighted by molar-refractivity contribution is -0.272. The minimum Gasteiger partial charge on any atom is -0.459 e. The molecule has 42 heavy (non-hydrogen) atoms. The van der Waals surface area contributed by atoms with E-state index in [1.807, 2.05) is 0 Å². The molecule has 3 saturated heterocycles. The van der Waals surface area contributed by atoms with Crippen LogP contribution in [-0.4, -0.2) is 67.7 Å². The number of allylic oxidation sites excluding steroid dienone is 1.